The molecule has 0 saturated carbocycles. The maximum atomic E-state index is 15.6. The van der Waals surface area contributed by atoms with Gasteiger partial charge in [-0.25, -0.2) is 13.9 Å². The third-order valence-electron chi connectivity index (χ3n) is 4.82. The van der Waals surface area contributed by atoms with Crippen LogP contribution < -0.4 is 11.1 Å². The molecule has 1 aromatic heterocycles. The predicted octanol–water partition coefficient (Wildman–Crippen LogP) is 5.73. The van der Waals surface area contributed by atoms with Crippen LogP contribution in [0.2, 0.25) is 0 Å². The number of hydrogen-bond acceptors (Lipinski definition) is 4. The van der Waals surface area contributed by atoms with Crippen LogP contribution in [0.1, 0.15) is 31.9 Å². The number of aromatic nitrogens is 3. The zero-order chi connectivity index (χ0) is 21.3. The van der Waals surface area contributed by atoms with Crippen LogP contribution >= 0.6 is 0 Å². The standard InChI is InChI=1S/C22H23F2N5/c1-12(2)14-6-8-15(9-7-14)19-17(22(5,24)13(3)4)10-16(11-18(19)23)26-21-27-20(25)28-29-21/h6-11H,1,3H2,2,4-5H3,(H4,25,26,27,28,29). The number of nitrogens with two attached hydrogens (primary N) is 1. The normalized spacial score (nSPS) is 13.0. The highest BCUT2D eigenvalue weighted by molar-refractivity contribution is 5.75. The first-order valence-corrected chi connectivity index (χ1v) is 8.99. The zero-order valence-corrected chi connectivity index (χ0v) is 16.6. The van der Waals surface area contributed by atoms with Crippen molar-refractivity contribution >= 4 is 23.2 Å². The van der Waals surface area contributed by atoms with Crippen molar-refractivity contribution < 1.29 is 8.78 Å². The number of allylic oxidation sites excluding steroid dienone is 2. The lowest BCUT2D eigenvalue weighted by atomic mass is 9.84. The van der Waals surface area contributed by atoms with Crippen LogP contribution in [0.25, 0.3) is 16.7 Å². The minimum atomic E-state index is -1.96. The molecule has 3 aromatic rings. The Morgan fingerprint density at radius 2 is 1.83 bits per heavy atom. The summed E-state index contributed by atoms with van der Waals surface area (Å²) in [5.41, 5.74) is 6.81. The summed E-state index contributed by atoms with van der Waals surface area (Å²) in [7, 11) is 0. The van der Waals surface area contributed by atoms with Crippen molar-refractivity contribution in [3.8, 4) is 11.1 Å². The van der Waals surface area contributed by atoms with Gasteiger partial charge in [-0.2, -0.15) is 4.98 Å². The molecule has 0 fully saturated rings. The van der Waals surface area contributed by atoms with E-state index >= 15 is 8.78 Å². The summed E-state index contributed by atoms with van der Waals surface area (Å²) in [5, 5.41) is 9.18. The summed E-state index contributed by atoms with van der Waals surface area (Å²) in [4.78, 5) is 3.93. The molecule has 0 aliphatic carbocycles. The van der Waals surface area contributed by atoms with Gasteiger partial charge in [0.25, 0.3) is 0 Å². The maximum absolute atomic E-state index is 15.6. The fraction of sp³-hybridized carbons (Fsp3) is 0.182. The fourth-order valence-corrected chi connectivity index (χ4v) is 2.95. The lowest BCUT2D eigenvalue weighted by Gasteiger charge is -2.26. The molecule has 7 heteroatoms. The van der Waals surface area contributed by atoms with Crippen molar-refractivity contribution in [1.82, 2.24) is 15.2 Å². The number of benzene rings is 2. The van der Waals surface area contributed by atoms with Crippen molar-refractivity contribution in [3.05, 3.63) is 72.1 Å². The third kappa shape index (κ3) is 4.03. The van der Waals surface area contributed by atoms with Crippen molar-refractivity contribution in [2.75, 3.05) is 11.1 Å². The quantitative estimate of drug-likeness (QED) is 0.466. The van der Waals surface area contributed by atoms with Crippen LogP contribution in [-0.2, 0) is 5.67 Å². The van der Waals surface area contributed by atoms with E-state index in [2.05, 4.69) is 33.7 Å². The molecule has 1 heterocycles. The van der Waals surface area contributed by atoms with Crippen molar-refractivity contribution in [2.24, 2.45) is 0 Å². The lowest BCUT2D eigenvalue weighted by Crippen LogP contribution is -2.18. The number of aromatic amines is 1. The Kier molecular flexibility index (Phi) is 5.24. The molecule has 0 bridgehead atoms. The number of halogens is 2. The number of rotatable bonds is 6. The molecule has 0 aliphatic heterocycles. The first kappa shape index (κ1) is 20.3. The van der Waals surface area contributed by atoms with Gasteiger partial charge in [0, 0.05) is 16.8 Å². The minimum Gasteiger partial charge on any atom is -0.368 e. The minimum absolute atomic E-state index is 0.111. The summed E-state index contributed by atoms with van der Waals surface area (Å²) in [6.07, 6.45) is 0. The molecule has 4 N–H and O–H groups in total. The SMILES string of the molecule is C=C(C)c1ccc(-c2c(F)cc(Nc3n[nH]c(N)n3)cc2C(C)(F)C(=C)C)cc1. The molecule has 3 rings (SSSR count). The van der Waals surface area contributed by atoms with Gasteiger partial charge in [0.15, 0.2) is 5.67 Å². The topological polar surface area (TPSA) is 79.6 Å². The smallest absolute Gasteiger partial charge is 0.248 e. The summed E-state index contributed by atoms with van der Waals surface area (Å²) in [6, 6.07) is 9.98. The average Bonchev–Trinajstić information content (AvgIpc) is 3.06. The van der Waals surface area contributed by atoms with Gasteiger partial charge in [-0.3, -0.25) is 0 Å². The van der Waals surface area contributed by atoms with Gasteiger partial charge < -0.3 is 11.1 Å². The van der Waals surface area contributed by atoms with Crippen molar-refractivity contribution in [3.63, 3.8) is 0 Å². The van der Waals surface area contributed by atoms with E-state index < -0.39 is 11.5 Å². The maximum Gasteiger partial charge on any atom is 0.248 e. The molecular formula is C22H23F2N5. The molecule has 150 valence electrons. The molecule has 0 saturated heterocycles. The molecule has 1 unspecified atom stereocenters. The van der Waals surface area contributed by atoms with E-state index in [1.807, 2.05) is 19.1 Å². The summed E-state index contributed by atoms with van der Waals surface area (Å²) >= 11 is 0. The lowest BCUT2D eigenvalue weighted by molar-refractivity contribution is 0.245. The van der Waals surface area contributed by atoms with Gasteiger partial charge in [0.1, 0.15) is 5.82 Å². The van der Waals surface area contributed by atoms with Crippen LogP contribution in [-0.4, -0.2) is 15.2 Å². The van der Waals surface area contributed by atoms with E-state index in [1.165, 1.54) is 19.1 Å². The Morgan fingerprint density at radius 1 is 1.17 bits per heavy atom. The van der Waals surface area contributed by atoms with E-state index in [4.69, 9.17) is 5.73 Å². The molecule has 2 aromatic carbocycles. The summed E-state index contributed by atoms with van der Waals surface area (Å²) < 4.78 is 30.9. The fourth-order valence-electron chi connectivity index (χ4n) is 2.95. The summed E-state index contributed by atoms with van der Waals surface area (Å²) in [5.74, 6) is -0.316. The number of nitrogens with one attached hydrogen (secondary N) is 2. The zero-order valence-electron chi connectivity index (χ0n) is 16.6. The van der Waals surface area contributed by atoms with E-state index in [0.717, 1.165) is 11.1 Å². The van der Waals surface area contributed by atoms with Crippen LogP contribution in [0.15, 0.2) is 55.1 Å². The Hall–Kier alpha value is -3.48. The van der Waals surface area contributed by atoms with Gasteiger partial charge in [0.2, 0.25) is 11.9 Å². The average molecular weight is 395 g/mol. The number of nitrogens with zero attached hydrogens (tertiary/aromatic N) is 2. The van der Waals surface area contributed by atoms with Crippen LogP contribution in [0, 0.1) is 5.82 Å². The summed E-state index contributed by atoms with van der Waals surface area (Å²) in [6.45, 7) is 12.5. The largest absolute Gasteiger partial charge is 0.368 e. The van der Waals surface area contributed by atoms with Gasteiger partial charge in [-0.1, -0.05) is 43.0 Å². The molecule has 0 aliphatic rings. The molecule has 0 radical (unpaired) electrons. The first-order chi connectivity index (χ1) is 13.6. The van der Waals surface area contributed by atoms with Gasteiger partial charge in [0.05, 0.1) is 0 Å². The highest BCUT2D eigenvalue weighted by Gasteiger charge is 2.32. The van der Waals surface area contributed by atoms with Gasteiger partial charge >= 0.3 is 0 Å². The molecule has 0 amide bonds. The third-order valence-corrected chi connectivity index (χ3v) is 4.82. The Balaban J connectivity index is 2.16. The number of anilines is 3. The Bertz CT molecular complexity index is 1080. The van der Waals surface area contributed by atoms with Crippen LogP contribution in [0.4, 0.5) is 26.4 Å². The van der Waals surface area contributed by atoms with Gasteiger partial charge in [-0.15, -0.1) is 5.10 Å². The second-order valence-corrected chi connectivity index (χ2v) is 7.19. The highest BCUT2D eigenvalue weighted by Crippen LogP contribution is 2.42. The second kappa shape index (κ2) is 7.50. The van der Waals surface area contributed by atoms with Crippen LogP contribution in [0.3, 0.4) is 0 Å². The molecule has 0 spiro atoms. The predicted molar refractivity (Wildman–Crippen MR) is 114 cm³/mol. The van der Waals surface area contributed by atoms with E-state index in [1.54, 1.807) is 19.1 Å². The van der Waals surface area contributed by atoms with Crippen molar-refractivity contribution in [1.29, 1.82) is 0 Å². The molecule has 5 nitrogen and oxygen atoms in total. The number of H-pyrrole nitrogens is 1. The monoisotopic (exact) mass is 395 g/mol. The number of nitrogen functional groups attached to an aromatic ring is 1. The van der Waals surface area contributed by atoms with Crippen LogP contribution in [0.5, 0.6) is 0 Å². The number of hydrogen-bond donors (Lipinski definition) is 3. The van der Waals surface area contributed by atoms with E-state index in [-0.39, 0.29) is 28.6 Å². The first-order valence-electron chi connectivity index (χ1n) is 8.99. The Labute approximate surface area is 168 Å². The van der Waals surface area contributed by atoms with Crippen molar-refractivity contribution in [2.45, 2.75) is 26.4 Å². The molecule has 29 heavy (non-hydrogen) atoms. The Morgan fingerprint density at radius 3 is 2.34 bits per heavy atom. The highest BCUT2D eigenvalue weighted by atomic mass is 19.1. The molecule has 1 atom stereocenters. The van der Waals surface area contributed by atoms with E-state index in [9.17, 15) is 0 Å². The number of alkyl halides is 1. The van der Waals surface area contributed by atoms with E-state index in [0.29, 0.717) is 11.3 Å². The second-order valence-electron chi connectivity index (χ2n) is 7.19. The molecular weight excluding hydrogens is 372 g/mol. The van der Waals surface area contributed by atoms with Gasteiger partial charge in [-0.05, 0) is 49.6 Å².